The highest BCUT2D eigenvalue weighted by Gasteiger charge is 2.16. The molecular formula is C21H26N2O2. The molecule has 4 heteroatoms. The lowest BCUT2D eigenvalue weighted by atomic mass is 10.1. The van der Waals surface area contributed by atoms with Crippen LogP contribution in [0.3, 0.4) is 0 Å². The average molecular weight is 338 g/mol. The molecule has 2 aromatic carbocycles. The second-order valence-electron chi connectivity index (χ2n) is 6.20. The van der Waals surface area contributed by atoms with Gasteiger partial charge in [0.05, 0.1) is 0 Å². The average Bonchev–Trinajstić information content (AvgIpc) is 2.59. The molecule has 0 unspecified atom stereocenters. The molecule has 0 aliphatic carbocycles. The van der Waals surface area contributed by atoms with E-state index in [1.165, 1.54) is 6.92 Å². The van der Waals surface area contributed by atoms with E-state index in [0.717, 1.165) is 34.5 Å². The summed E-state index contributed by atoms with van der Waals surface area (Å²) in [5.74, 6) is -0.145. The van der Waals surface area contributed by atoms with E-state index in [2.05, 4.69) is 12.2 Å². The van der Waals surface area contributed by atoms with Gasteiger partial charge in [-0.25, -0.2) is 0 Å². The molecular weight excluding hydrogens is 312 g/mol. The number of carbonyl (C=O) groups excluding carboxylic acids is 2. The van der Waals surface area contributed by atoms with Crippen LogP contribution in [0.4, 0.5) is 11.4 Å². The number of para-hydroxylation sites is 1. The van der Waals surface area contributed by atoms with Crippen LogP contribution in [0.1, 0.15) is 37.0 Å². The Bertz CT molecular complexity index is 768. The highest BCUT2D eigenvalue weighted by atomic mass is 16.2. The van der Waals surface area contributed by atoms with Gasteiger partial charge in [-0.2, -0.15) is 0 Å². The van der Waals surface area contributed by atoms with Gasteiger partial charge in [-0.05, 0) is 49.1 Å². The van der Waals surface area contributed by atoms with Crippen LogP contribution < -0.4 is 10.2 Å². The van der Waals surface area contributed by atoms with Crippen LogP contribution in [0.2, 0.25) is 0 Å². The number of nitrogens with zero attached hydrogens (tertiary/aromatic N) is 1. The van der Waals surface area contributed by atoms with Crippen LogP contribution in [0.5, 0.6) is 0 Å². The summed E-state index contributed by atoms with van der Waals surface area (Å²) in [7, 11) is 0. The Morgan fingerprint density at radius 1 is 1.04 bits per heavy atom. The molecule has 0 saturated heterocycles. The molecule has 0 aromatic heterocycles. The van der Waals surface area contributed by atoms with Crippen LogP contribution >= 0.6 is 0 Å². The third kappa shape index (κ3) is 4.69. The van der Waals surface area contributed by atoms with Crippen LogP contribution in [-0.2, 0) is 16.0 Å². The minimum atomic E-state index is -0.0857. The van der Waals surface area contributed by atoms with Crippen molar-refractivity contribution in [1.82, 2.24) is 0 Å². The minimum absolute atomic E-state index is 0.0598. The lowest BCUT2D eigenvalue weighted by Gasteiger charge is -2.24. The van der Waals surface area contributed by atoms with Gasteiger partial charge in [-0.15, -0.1) is 0 Å². The van der Waals surface area contributed by atoms with Crippen molar-refractivity contribution in [2.24, 2.45) is 0 Å². The molecule has 0 fully saturated rings. The summed E-state index contributed by atoms with van der Waals surface area (Å²) in [5, 5.41) is 2.96. The number of anilines is 2. The molecule has 4 nitrogen and oxygen atoms in total. The van der Waals surface area contributed by atoms with Crippen molar-refractivity contribution in [2.45, 2.75) is 40.5 Å². The quantitative estimate of drug-likeness (QED) is 0.856. The number of benzene rings is 2. The zero-order valence-corrected chi connectivity index (χ0v) is 15.4. The molecule has 2 rings (SSSR count). The predicted molar refractivity (Wildman–Crippen MR) is 103 cm³/mol. The molecule has 2 amide bonds. The van der Waals surface area contributed by atoms with E-state index in [0.29, 0.717) is 6.54 Å². The van der Waals surface area contributed by atoms with E-state index >= 15 is 0 Å². The van der Waals surface area contributed by atoms with Crippen molar-refractivity contribution < 1.29 is 9.59 Å². The summed E-state index contributed by atoms with van der Waals surface area (Å²) < 4.78 is 0. The largest absolute Gasteiger partial charge is 0.326 e. The van der Waals surface area contributed by atoms with E-state index in [1.54, 1.807) is 4.90 Å². The van der Waals surface area contributed by atoms with Crippen molar-refractivity contribution in [3.8, 4) is 0 Å². The standard InChI is InChI=1S/C21H26N2O2/c1-5-18-10-6-7-11-19(18)22-21(25)13-14-23(17(4)24)20-12-8-9-15(2)16(20)3/h6-12H,5,13-14H2,1-4H3,(H,22,25). The molecule has 132 valence electrons. The maximum absolute atomic E-state index is 12.3. The number of rotatable bonds is 6. The maximum Gasteiger partial charge on any atom is 0.226 e. The van der Waals surface area contributed by atoms with E-state index in [-0.39, 0.29) is 18.2 Å². The van der Waals surface area contributed by atoms with Gasteiger partial charge in [0.1, 0.15) is 0 Å². The summed E-state index contributed by atoms with van der Waals surface area (Å²) in [6.45, 7) is 7.97. The first kappa shape index (κ1) is 18.7. The van der Waals surface area contributed by atoms with E-state index < -0.39 is 0 Å². The zero-order valence-electron chi connectivity index (χ0n) is 15.4. The molecule has 0 radical (unpaired) electrons. The fraction of sp³-hybridized carbons (Fsp3) is 0.333. The van der Waals surface area contributed by atoms with Gasteiger partial charge in [-0.3, -0.25) is 9.59 Å². The molecule has 0 saturated carbocycles. The van der Waals surface area contributed by atoms with Crippen molar-refractivity contribution >= 4 is 23.2 Å². The smallest absolute Gasteiger partial charge is 0.226 e. The van der Waals surface area contributed by atoms with Gasteiger partial charge in [0.15, 0.2) is 0 Å². The Labute approximate surface area is 149 Å². The Morgan fingerprint density at radius 2 is 1.76 bits per heavy atom. The van der Waals surface area contributed by atoms with Crippen LogP contribution in [0.15, 0.2) is 42.5 Å². The van der Waals surface area contributed by atoms with Gasteiger partial charge < -0.3 is 10.2 Å². The van der Waals surface area contributed by atoms with Crippen molar-refractivity contribution in [3.05, 3.63) is 59.2 Å². The monoisotopic (exact) mass is 338 g/mol. The molecule has 0 aliphatic heterocycles. The summed E-state index contributed by atoms with van der Waals surface area (Å²) in [6, 6.07) is 13.7. The second-order valence-corrected chi connectivity index (χ2v) is 6.20. The molecule has 25 heavy (non-hydrogen) atoms. The maximum atomic E-state index is 12.3. The van der Waals surface area contributed by atoms with Gasteiger partial charge in [0, 0.05) is 31.3 Å². The summed E-state index contributed by atoms with van der Waals surface area (Å²) >= 11 is 0. The molecule has 2 aromatic rings. The van der Waals surface area contributed by atoms with Gasteiger partial charge in [0.25, 0.3) is 0 Å². The molecule has 1 N–H and O–H groups in total. The third-order valence-corrected chi connectivity index (χ3v) is 4.48. The van der Waals surface area contributed by atoms with Crippen molar-refractivity contribution in [2.75, 3.05) is 16.8 Å². The fourth-order valence-corrected chi connectivity index (χ4v) is 2.85. The number of carbonyl (C=O) groups is 2. The lowest BCUT2D eigenvalue weighted by Crippen LogP contribution is -2.32. The first-order valence-electron chi connectivity index (χ1n) is 8.66. The molecule has 0 aliphatic rings. The van der Waals surface area contributed by atoms with Crippen molar-refractivity contribution in [3.63, 3.8) is 0 Å². The summed E-state index contributed by atoms with van der Waals surface area (Å²) in [4.78, 5) is 26.1. The van der Waals surface area contributed by atoms with E-state index in [9.17, 15) is 9.59 Å². The van der Waals surface area contributed by atoms with E-state index in [1.807, 2.05) is 56.3 Å². The fourth-order valence-electron chi connectivity index (χ4n) is 2.85. The van der Waals surface area contributed by atoms with Gasteiger partial charge in [-0.1, -0.05) is 37.3 Å². The summed E-state index contributed by atoms with van der Waals surface area (Å²) in [6.07, 6.45) is 1.11. The molecule has 0 bridgehead atoms. The SMILES string of the molecule is CCc1ccccc1NC(=O)CCN(C(C)=O)c1cccc(C)c1C. The van der Waals surface area contributed by atoms with Crippen LogP contribution in [0.25, 0.3) is 0 Å². The Balaban J connectivity index is 2.07. The van der Waals surface area contributed by atoms with E-state index in [4.69, 9.17) is 0 Å². The minimum Gasteiger partial charge on any atom is -0.326 e. The molecule has 0 heterocycles. The molecule has 0 spiro atoms. The number of aryl methyl sites for hydroxylation is 2. The molecule has 0 atom stereocenters. The number of nitrogens with one attached hydrogen (secondary N) is 1. The number of amides is 2. The highest BCUT2D eigenvalue weighted by molar-refractivity contribution is 5.95. The van der Waals surface area contributed by atoms with Crippen LogP contribution in [-0.4, -0.2) is 18.4 Å². The van der Waals surface area contributed by atoms with Gasteiger partial charge in [0.2, 0.25) is 11.8 Å². The third-order valence-electron chi connectivity index (χ3n) is 4.48. The van der Waals surface area contributed by atoms with Crippen LogP contribution in [0, 0.1) is 13.8 Å². The topological polar surface area (TPSA) is 49.4 Å². The normalized spacial score (nSPS) is 10.4. The number of hydrogen-bond donors (Lipinski definition) is 1. The zero-order chi connectivity index (χ0) is 18.4. The second kappa shape index (κ2) is 8.47. The van der Waals surface area contributed by atoms with Crippen molar-refractivity contribution in [1.29, 1.82) is 0 Å². The van der Waals surface area contributed by atoms with Gasteiger partial charge >= 0.3 is 0 Å². The first-order valence-corrected chi connectivity index (χ1v) is 8.66. The lowest BCUT2D eigenvalue weighted by molar-refractivity contribution is -0.117. The Hall–Kier alpha value is -2.62. The Morgan fingerprint density at radius 3 is 2.44 bits per heavy atom. The first-order chi connectivity index (χ1) is 11.9. The predicted octanol–water partition coefficient (Wildman–Crippen LogP) is 4.25. The number of hydrogen-bond acceptors (Lipinski definition) is 2. The summed E-state index contributed by atoms with van der Waals surface area (Å²) in [5.41, 5.74) is 5.01. The Kier molecular flexibility index (Phi) is 6.34. The highest BCUT2D eigenvalue weighted by Crippen LogP contribution is 2.23.